The van der Waals surface area contributed by atoms with Crippen LogP contribution in [-0.2, 0) is 32.6 Å². The van der Waals surface area contributed by atoms with Gasteiger partial charge in [-0.15, -0.1) is 17.9 Å². The highest BCUT2D eigenvalue weighted by molar-refractivity contribution is 7.22. The average Bonchev–Trinajstić information content (AvgIpc) is 3.73. The van der Waals surface area contributed by atoms with E-state index in [-0.39, 0.29) is 35.8 Å². The number of hydrogen-bond acceptors (Lipinski definition) is 7. The molecule has 6 atom stereocenters. The van der Waals surface area contributed by atoms with Gasteiger partial charge in [0.25, 0.3) is 0 Å². The fourth-order valence-corrected chi connectivity index (χ4v) is 10.4. The van der Waals surface area contributed by atoms with Gasteiger partial charge in [0.05, 0.1) is 28.0 Å². The summed E-state index contributed by atoms with van der Waals surface area (Å²) in [5.74, 6) is -3.96. The molecule has 2 aliphatic carbocycles. The van der Waals surface area contributed by atoms with Gasteiger partial charge in [-0.3, -0.25) is 28.8 Å². The van der Waals surface area contributed by atoms with E-state index < -0.39 is 35.0 Å². The third-order valence-electron chi connectivity index (χ3n) is 11.5. The van der Waals surface area contributed by atoms with Crippen LogP contribution in [0.1, 0.15) is 42.4 Å². The third kappa shape index (κ3) is 4.26. The van der Waals surface area contributed by atoms with Gasteiger partial charge in [-0.25, -0.2) is 4.90 Å². The maximum absolute atomic E-state index is 15.0. The van der Waals surface area contributed by atoms with E-state index >= 15 is 0 Å². The number of aryl methyl sites for hydroxylation is 2. The lowest BCUT2D eigenvalue weighted by atomic mass is 9.51. The highest BCUT2D eigenvalue weighted by Crippen LogP contribution is 2.64. The Hall–Kier alpha value is -4.54. The minimum atomic E-state index is -1.29. The largest absolute Gasteiger partial charge is 0.507 e. The number of halogens is 1. The Morgan fingerprint density at radius 3 is 2.61 bits per heavy atom. The first kappa shape index (κ1) is 31.7. The van der Waals surface area contributed by atoms with E-state index in [1.807, 2.05) is 50.3 Å². The Balaban J connectivity index is 1.27. The van der Waals surface area contributed by atoms with Crippen LogP contribution in [0, 0.1) is 36.0 Å². The van der Waals surface area contributed by atoms with Gasteiger partial charge in [0.15, 0.2) is 0 Å². The lowest BCUT2D eigenvalue weighted by Crippen LogP contribution is -2.48. The van der Waals surface area contributed by atoms with Crippen molar-refractivity contribution in [1.29, 1.82) is 0 Å². The van der Waals surface area contributed by atoms with Gasteiger partial charge in [0.1, 0.15) is 17.3 Å². The van der Waals surface area contributed by atoms with Gasteiger partial charge < -0.3 is 5.11 Å². The van der Waals surface area contributed by atoms with Crippen molar-refractivity contribution in [3.8, 4) is 16.3 Å². The second-order valence-corrected chi connectivity index (χ2v) is 15.4. The number of anilines is 1. The Kier molecular flexibility index (Phi) is 7.11. The zero-order valence-corrected chi connectivity index (χ0v) is 29.1. The van der Waals surface area contributed by atoms with Crippen LogP contribution < -0.4 is 4.90 Å². The standard InChI is InChI=1S/C38H35ClN4O5S/c1-6-8-19-9-7-10-23(32(19)44)31-21-12-13-22-30(36(47)41(4)34(22)45)25(21)16-26-35(46)43(37(48)38(26,31)3)29-17-27(40-42(29)5)33-18(2)24-15-20(39)11-14-28(24)49-33/h6-7,9-12,14-15,17,22,25-26,30-31,44H,1,8,13,16H2,2-5H3/t22-,25+,26-,30-,31+,38+/m0/s1. The molecular formula is C38H35ClN4O5S. The molecule has 2 saturated heterocycles. The molecule has 0 unspecified atom stereocenters. The van der Waals surface area contributed by atoms with Crippen LogP contribution in [0.3, 0.4) is 0 Å². The van der Waals surface area contributed by atoms with E-state index in [1.165, 1.54) is 16.8 Å². The lowest BCUT2D eigenvalue weighted by molar-refractivity contribution is -0.138. The van der Waals surface area contributed by atoms with Crippen molar-refractivity contribution >= 4 is 62.5 Å². The molecule has 9 nitrogen and oxygen atoms in total. The lowest BCUT2D eigenvalue weighted by Gasteiger charge is -2.49. The van der Waals surface area contributed by atoms with E-state index in [4.69, 9.17) is 16.7 Å². The van der Waals surface area contributed by atoms with Crippen LogP contribution in [0.5, 0.6) is 5.75 Å². The van der Waals surface area contributed by atoms with Gasteiger partial charge in [-0.2, -0.15) is 5.10 Å². The summed E-state index contributed by atoms with van der Waals surface area (Å²) in [4.78, 5) is 59.8. The molecule has 1 N–H and O–H groups in total. The van der Waals surface area contributed by atoms with Gasteiger partial charge in [0, 0.05) is 41.4 Å². The first-order chi connectivity index (χ1) is 23.4. The van der Waals surface area contributed by atoms with Crippen molar-refractivity contribution in [2.24, 2.45) is 36.1 Å². The summed E-state index contributed by atoms with van der Waals surface area (Å²) in [5.41, 5.74) is 2.36. The van der Waals surface area contributed by atoms with Crippen molar-refractivity contribution in [1.82, 2.24) is 14.7 Å². The number of carbonyl (C=O) groups is 4. The Morgan fingerprint density at radius 2 is 1.86 bits per heavy atom. The molecular weight excluding hydrogens is 660 g/mol. The number of carbonyl (C=O) groups excluding carboxylic acids is 4. The Labute approximate surface area is 292 Å². The zero-order valence-electron chi connectivity index (χ0n) is 27.6. The van der Waals surface area contributed by atoms with Crippen LogP contribution in [0.2, 0.25) is 5.02 Å². The van der Waals surface area contributed by atoms with Gasteiger partial charge >= 0.3 is 0 Å². The molecule has 3 fully saturated rings. The quantitative estimate of drug-likeness (QED) is 0.187. The molecule has 49 heavy (non-hydrogen) atoms. The number of nitrogens with zero attached hydrogens (tertiary/aromatic N) is 4. The number of para-hydroxylation sites is 1. The number of amides is 4. The number of fused-ring (bicyclic) bond motifs is 5. The molecule has 0 spiro atoms. The summed E-state index contributed by atoms with van der Waals surface area (Å²) < 4.78 is 2.62. The molecule has 4 amide bonds. The maximum atomic E-state index is 15.0. The number of imide groups is 2. The topological polar surface area (TPSA) is 113 Å². The summed E-state index contributed by atoms with van der Waals surface area (Å²) in [6.45, 7) is 7.66. The monoisotopic (exact) mass is 694 g/mol. The number of aromatic nitrogens is 2. The van der Waals surface area contributed by atoms with Gasteiger partial charge in [-0.05, 0) is 73.7 Å². The second kappa shape index (κ2) is 11.0. The van der Waals surface area contributed by atoms with Crippen LogP contribution in [-0.4, -0.2) is 50.5 Å². The number of thiophene rings is 1. The normalized spacial score (nSPS) is 27.9. The van der Waals surface area contributed by atoms with E-state index in [0.29, 0.717) is 40.5 Å². The Morgan fingerprint density at radius 1 is 1.08 bits per heavy atom. The molecule has 4 aromatic rings. The van der Waals surface area contributed by atoms with E-state index in [0.717, 1.165) is 26.1 Å². The van der Waals surface area contributed by atoms with Gasteiger partial charge in [0.2, 0.25) is 23.6 Å². The highest BCUT2D eigenvalue weighted by atomic mass is 35.5. The molecule has 4 heterocycles. The maximum Gasteiger partial charge on any atom is 0.242 e. The molecule has 11 heteroatoms. The number of phenols is 1. The van der Waals surface area contributed by atoms with E-state index in [1.54, 1.807) is 41.3 Å². The summed E-state index contributed by atoms with van der Waals surface area (Å²) >= 11 is 7.87. The van der Waals surface area contributed by atoms with Crippen molar-refractivity contribution in [2.75, 3.05) is 11.9 Å². The summed E-state index contributed by atoms with van der Waals surface area (Å²) in [5, 5.41) is 18.1. The smallest absolute Gasteiger partial charge is 0.242 e. The number of hydrogen-bond donors (Lipinski definition) is 1. The van der Waals surface area contributed by atoms with Crippen LogP contribution in [0.25, 0.3) is 20.7 Å². The van der Waals surface area contributed by atoms with Crippen molar-refractivity contribution in [3.05, 3.63) is 88.5 Å². The first-order valence-electron chi connectivity index (χ1n) is 16.4. The summed E-state index contributed by atoms with van der Waals surface area (Å²) in [6, 6.07) is 13.0. The van der Waals surface area contributed by atoms with Crippen molar-refractivity contribution < 1.29 is 24.3 Å². The van der Waals surface area contributed by atoms with E-state index in [2.05, 4.69) is 6.58 Å². The fourth-order valence-electron chi connectivity index (χ4n) is 9.11. The third-order valence-corrected chi connectivity index (χ3v) is 13.1. The summed E-state index contributed by atoms with van der Waals surface area (Å²) in [7, 11) is 3.23. The van der Waals surface area contributed by atoms with Gasteiger partial charge in [-0.1, -0.05) is 47.5 Å². The predicted octanol–water partition coefficient (Wildman–Crippen LogP) is 6.56. The predicted molar refractivity (Wildman–Crippen MR) is 188 cm³/mol. The van der Waals surface area contributed by atoms with Crippen molar-refractivity contribution in [3.63, 3.8) is 0 Å². The number of aromatic hydroxyl groups is 1. The van der Waals surface area contributed by atoms with Crippen LogP contribution >= 0.6 is 22.9 Å². The molecule has 2 aliphatic heterocycles. The molecule has 4 aliphatic rings. The fraction of sp³-hybridized carbons (Fsp3) is 0.342. The molecule has 8 rings (SSSR count). The molecule has 0 bridgehead atoms. The van der Waals surface area contributed by atoms with E-state index in [9.17, 15) is 24.3 Å². The molecule has 2 aromatic carbocycles. The second-order valence-electron chi connectivity index (χ2n) is 14.0. The number of allylic oxidation sites excluding steroid dienone is 3. The minimum Gasteiger partial charge on any atom is -0.507 e. The Bertz CT molecular complexity index is 2200. The summed E-state index contributed by atoms with van der Waals surface area (Å²) in [6.07, 6.45) is 4.70. The highest BCUT2D eigenvalue weighted by Gasteiger charge is 2.68. The first-order valence-corrected chi connectivity index (χ1v) is 17.6. The average molecular weight is 695 g/mol. The van der Waals surface area contributed by atoms with Crippen molar-refractivity contribution in [2.45, 2.75) is 39.0 Å². The molecule has 250 valence electrons. The zero-order chi connectivity index (χ0) is 34.7. The molecule has 0 radical (unpaired) electrons. The molecule has 2 aromatic heterocycles. The number of benzene rings is 2. The number of phenolic OH excluding ortho intramolecular Hbond substituents is 1. The number of likely N-dealkylation sites (tertiary alicyclic amines) is 1. The SMILES string of the molecule is C=CCc1cccc([C@H]2C3=CC[C@@H]4C(=O)N(C)C(=O)[C@@H]4[C@@H]3C[C@H]3C(=O)N(c4cc(-c5sc6ccc(Cl)cc6c5C)nn4C)C(=O)[C@@]23C)c1O. The van der Waals surface area contributed by atoms with Crippen LogP contribution in [0.15, 0.2) is 66.8 Å². The molecule has 1 saturated carbocycles. The van der Waals surface area contributed by atoms with Crippen LogP contribution in [0.4, 0.5) is 5.82 Å². The minimum absolute atomic E-state index is 0.0452. The number of rotatable bonds is 5.